The van der Waals surface area contributed by atoms with Crippen LogP contribution in [0, 0.1) is 0 Å². The molecule has 0 radical (unpaired) electrons. The van der Waals surface area contributed by atoms with E-state index in [1.807, 2.05) is 73.1 Å². The number of nitrogens with zero attached hydrogens (tertiary/aromatic N) is 6. The summed E-state index contributed by atoms with van der Waals surface area (Å²) in [7, 11) is 0. The summed E-state index contributed by atoms with van der Waals surface area (Å²) in [6, 6.07) is 23.9. The van der Waals surface area contributed by atoms with E-state index in [2.05, 4.69) is 30.9 Å². The van der Waals surface area contributed by atoms with Gasteiger partial charge in [0.05, 0.1) is 11.0 Å². The lowest BCUT2D eigenvalue weighted by Gasteiger charge is -1.99. The Bertz CT molecular complexity index is 1390. The Kier molecular flexibility index (Phi) is 4.25. The number of hydrogen-bond donors (Lipinski definition) is 0. The minimum Gasteiger partial charge on any atom is -0.297 e. The fourth-order valence-electron chi connectivity index (χ4n) is 3.61. The Balaban J connectivity index is 1.51. The van der Waals surface area contributed by atoms with Crippen molar-refractivity contribution < 1.29 is 0 Å². The van der Waals surface area contributed by atoms with Crippen LogP contribution in [0.2, 0.25) is 0 Å². The Hall–Kier alpha value is -3.97. The van der Waals surface area contributed by atoms with E-state index in [1.165, 1.54) is 0 Å². The topological polar surface area (TPSA) is 60.4 Å². The predicted molar refractivity (Wildman–Crippen MR) is 121 cm³/mol. The van der Waals surface area contributed by atoms with Gasteiger partial charge in [-0.25, -0.2) is 9.97 Å². The number of rotatable bonds is 4. The molecule has 6 aromatic rings. The Morgan fingerprint density at radius 1 is 0.548 bits per heavy atom. The van der Waals surface area contributed by atoms with Gasteiger partial charge in [0.2, 0.25) is 0 Å². The Morgan fingerprint density at radius 2 is 1.03 bits per heavy atom. The van der Waals surface area contributed by atoms with Gasteiger partial charge in [-0.1, -0.05) is 24.3 Å². The van der Waals surface area contributed by atoms with Crippen LogP contribution in [0.5, 0.6) is 0 Å². The van der Waals surface area contributed by atoms with E-state index in [4.69, 9.17) is 9.97 Å². The van der Waals surface area contributed by atoms with Crippen molar-refractivity contribution in [1.82, 2.24) is 28.7 Å². The molecule has 0 aliphatic carbocycles. The molecule has 0 bridgehead atoms. The average Bonchev–Trinajstić information content (AvgIpc) is 3.40. The lowest BCUT2D eigenvalue weighted by molar-refractivity contribution is 1.11. The van der Waals surface area contributed by atoms with Gasteiger partial charge in [0.1, 0.15) is 21.4 Å². The molecule has 0 spiro atoms. The molecule has 6 heterocycles. The van der Waals surface area contributed by atoms with Crippen LogP contribution in [0.3, 0.4) is 0 Å². The van der Waals surface area contributed by atoms with E-state index in [-0.39, 0.29) is 0 Å². The minimum atomic E-state index is 0.812. The van der Waals surface area contributed by atoms with Gasteiger partial charge in [0, 0.05) is 24.8 Å². The molecule has 0 amide bonds. The summed E-state index contributed by atoms with van der Waals surface area (Å²) in [4.78, 5) is 18.9. The first-order chi connectivity index (χ1) is 15.4. The van der Waals surface area contributed by atoms with Gasteiger partial charge in [-0.15, -0.1) is 0 Å². The van der Waals surface area contributed by atoms with E-state index in [9.17, 15) is 0 Å². The molecular formula is C24H16N6S. The first kappa shape index (κ1) is 17.9. The maximum atomic E-state index is 4.94. The summed E-state index contributed by atoms with van der Waals surface area (Å²) < 4.78 is 4.14. The average molecular weight is 421 g/mol. The van der Waals surface area contributed by atoms with Crippen molar-refractivity contribution in [3.8, 4) is 23.0 Å². The summed E-state index contributed by atoms with van der Waals surface area (Å²) in [5, 5.41) is 1.77. The summed E-state index contributed by atoms with van der Waals surface area (Å²) in [6.07, 6.45) is 7.60. The molecule has 148 valence electrons. The molecular weight excluding hydrogens is 404 g/mol. The third kappa shape index (κ3) is 3.06. The molecule has 0 N–H and O–H groups in total. The first-order valence-corrected chi connectivity index (χ1v) is 10.6. The maximum absolute atomic E-state index is 4.94. The van der Waals surface area contributed by atoms with E-state index in [1.54, 1.807) is 24.2 Å². The maximum Gasteiger partial charge on any atom is 0.164 e. The molecule has 0 atom stereocenters. The van der Waals surface area contributed by atoms with E-state index >= 15 is 0 Å². The molecule has 0 saturated heterocycles. The van der Waals surface area contributed by atoms with E-state index in [0.29, 0.717) is 0 Å². The minimum absolute atomic E-state index is 0.812. The van der Waals surface area contributed by atoms with Crippen LogP contribution < -0.4 is 0 Å². The summed E-state index contributed by atoms with van der Waals surface area (Å²) in [5.41, 5.74) is 3.70. The monoisotopic (exact) mass is 420 g/mol. The van der Waals surface area contributed by atoms with Gasteiger partial charge in [-0.05, 0) is 60.3 Å². The number of hydrogen-bond acceptors (Lipinski definition) is 5. The molecule has 6 aromatic heterocycles. The van der Waals surface area contributed by atoms with Gasteiger partial charge in [0.25, 0.3) is 0 Å². The van der Waals surface area contributed by atoms with E-state index < -0.39 is 0 Å². The van der Waals surface area contributed by atoms with Crippen molar-refractivity contribution in [2.24, 2.45) is 0 Å². The Labute approximate surface area is 182 Å². The highest BCUT2D eigenvalue weighted by atomic mass is 32.2. The van der Waals surface area contributed by atoms with Crippen LogP contribution in [0.4, 0.5) is 0 Å². The molecule has 7 heteroatoms. The molecule has 0 aliphatic heterocycles. The highest BCUT2D eigenvalue weighted by Gasteiger charge is 2.19. The van der Waals surface area contributed by atoms with Crippen LogP contribution in [0.15, 0.2) is 108 Å². The Morgan fingerprint density at radius 3 is 1.48 bits per heavy atom. The standard InChI is InChI=1S/C24H16N6S/c1-5-13-25-17(9-1)21-27-23(19-11-3-7-15-29(19)21)31-24-20-12-4-8-16-30(20)22(28-24)18-10-2-6-14-26-18/h1-16H. The fraction of sp³-hybridized carbons (Fsp3) is 0. The number of pyridine rings is 4. The van der Waals surface area contributed by atoms with E-state index in [0.717, 1.165) is 44.1 Å². The second-order valence-corrected chi connectivity index (χ2v) is 7.90. The zero-order chi connectivity index (χ0) is 20.6. The van der Waals surface area contributed by atoms with Crippen LogP contribution in [0.25, 0.3) is 34.1 Å². The lowest BCUT2D eigenvalue weighted by atomic mass is 10.3. The molecule has 0 fully saturated rings. The SMILES string of the molecule is c1ccc(-c2nc(Sc3nc(-c4ccccn4)n4ccccc34)c3ccccn23)nc1. The van der Waals surface area contributed by atoms with Crippen LogP contribution in [-0.2, 0) is 0 Å². The molecule has 6 nitrogen and oxygen atoms in total. The highest BCUT2D eigenvalue weighted by Crippen LogP contribution is 2.36. The highest BCUT2D eigenvalue weighted by molar-refractivity contribution is 7.99. The molecule has 0 aromatic carbocycles. The van der Waals surface area contributed by atoms with Crippen molar-refractivity contribution in [2.45, 2.75) is 10.1 Å². The van der Waals surface area contributed by atoms with Crippen molar-refractivity contribution in [3.63, 3.8) is 0 Å². The predicted octanol–water partition coefficient (Wildman–Crippen LogP) is 5.26. The van der Waals surface area contributed by atoms with Gasteiger partial charge < -0.3 is 0 Å². The third-order valence-electron chi connectivity index (χ3n) is 5.01. The normalized spacial score (nSPS) is 11.4. The van der Waals surface area contributed by atoms with Gasteiger partial charge in [-0.2, -0.15) is 0 Å². The summed E-state index contributed by atoms with van der Waals surface area (Å²) >= 11 is 1.56. The van der Waals surface area contributed by atoms with Crippen LogP contribution >= 0.6 is 11.8 Å². The molecule has 6 rings (SSSR count). The zero-order valence-electron chi connectivity index (χ0n) is 16.3. The summed E-state index contributed by atoms with van der Waals surface area (Å²) in [5.74, 6) is 1.62. The van der Waals surface area contributed by atoms with Crippen molar-refractivity contribution >= 4 is 22.8 Å². The second-order valence-electron chi connectivity index (χ2n) is 6.92. The second kappa shape index (κ2) is 7.37. The van der Waals surface area contributed by atoms with Crippen LogP contribution in [-0.4, -0.2) is 28.7 Å². The zero-order valence-corrected chi connectivity index (χ0v) is 17.1. The number of aromatic nitrogens is 6. The third-order valence-corrected chi connectivity index (χ3v) is 6.00. The first-order valence-electron chi connectivity index (χ1n) is 9.83. The molecule has 31 heavy (non-hydrogen) atoms. The fourth-order valence-corrected chi connectivity index (χ4v) is 4.60. The molecule has 0 unspecified atom stereocenters. The van der Waals surface area contributed by atoms with Crippen molar-refractivity contribution in [3.05, 3.63) is 97.6 Å². The quantitative estimate of drug-likeness (QED) is 0.389. The smallest absolute Gasteiger partial charge is 0.164 e. The summed E-state index contributed by atoms with van der Waals surface area (Å²) in [6.45, 7) is 0. The molecule has 0 saturated carbocycles. The van der Waals surface area contributed by atoms with Gasteiger partial charge >= 0.3 is 0 Å². The van der Waals surface area contributed by atoms with Crippen molar-refractivity contribution in [1.29, 1.82) is 0 Å². The molecule has 0 aliphatic rings. The van der Waals surface area contributed by atoms with Gasteiger partial charge in [0.15, 0.2) is 11.6 Å². The largest absolute Gasteiger partial charge is 0.297 e. The van der Waals surface area contributed by atoms with Gasteiger partial charge in [-0.3, -0.25) is 18.8 Å². The van der Waals surface area contributed by atoms with Crippen molar-refractivity contribution in [2.75, 3.05) is 0 Å². The number of imidazole rings is 2. The number of fused-ring (bicyclic) bond motifs is 2. The van der Waals surface area contributed by atoms with Crippen LogP contribution in [0.1, 0.15) is 0 Å². The lowest BCUT2D eigenvalue weighted by Crippen LogP contribution is -1.90.